The molecule has 1 aliphatic rings. The molecule has 2 atom stereocenters. The largest absolute Gasteiger partial charge is 0.374 e. The number of imidazole rings is 1. The summed E-state index contributed by atoms with van der Waals surface area (Å²) in [6.07, 6.45) is 0.0945. The lowest BCUT2D eigenvalue weighted by molar-refractivity contribution is -0.130. The second-order valence-corrected chi connectivity index (χ2v) is 5.32. The van der Waals surface area contributed by atoms with Crippen molar-refractivity contribution in [1.82, 2.24) is 14.5 Å². The molecule has 6 nitrogen and oxygen atoms in total. The van der Waals surface area contributed by atoms with Crippen LogP contribution in [-0.2, 0) is 11.8 Å². The van der Waals surface area contributed by atoms with Crippen LogP contribution in [0.25, 0.3) is 11.0 Å². The number of nitrogens with one attached hydrogen (secondary N) is 1. The van der Waals surface area contributed by atoms with Crippen molar-refractivity contribution >= 4 is 16.9 Å². The molecular formula is C14H17N3O3. The summed E-state index contributed by atoms with van der Waals surface area (Å²) < 4.78 is 3.08. The Kier molecular flexibility index (Phi) is 2.90. The number of amides is 1. The Hall–Kier alpha value is -2.08. The number of hydrogen-bond acceptors (Lipinski definition) is 3. The molecule has 1 aliphatic heterocycles. The number of nitrogens with zero attached hydrogens (tertiary/aromatic N) is 2. The summed E-state index contributed by atoms with van der Waals surface area (Å²) in [6, 6.07) is 5.17. The maximum absolute atomic E-state index is 12.4. The Morgan fingerprint density at radius 1 is 1.25 bits per heavy atom. The highest BCUT2D eigenvalue weighted by molar-refractivity contribution is 5.85. The number of rotatable bonds is 1. The van der Waals surface area contributed by atoms with Gasteiger partial charge in [0.25, 0.3) is 0 Å². The van der Waals surface area contributed by atoms with Crippen molar-refractivity contribution in [3.8, 4) is 0 Å². The van der Waals surface area contributed by atoms with Crippen molar-refractivity contribution in [3.63, 3.8) is 0 Å². The molecule has 106 valence electrons. The number of aliphatic hydroxyl groups excluding tert-OH is 1. The monoisotopic (exact) mass is 275 g/mol. The van der Waals surface area contributed by atoms with Crippen molar-refractivity contribution in [3.05, 3.63) is 34.2 Å². The van der Waals surface area contributed by atoms with Crippen molar-refractivity contribution < 1.29 is 9.90 Å². The van der Waals surface area contributed by atoms with E-state index in [1.54, 1.807) is 11.6 Å². The second kappa shape index (κ2) is 4.49. The van der Waals surface area contributed by atoms with Crippen LogP contribution >= 0.6 is 0 Å². The van der Waals surface area contributed by atoms with Gasteiger partial charge in [0, 0.05) is 7.05 Å². The van der Waals surface area contributed by atoms with Gasteiger partial charge in [-0.05, 0) is 37.5 Å². The zero-order valence-electron chi connectivity index (χ0n) is 11.5. The van der Waals surface area contributed by atoms with E-state index in [1.807, 2.05) is 25.1 Å². The maximum Gasteiger partial charge on any atom is 0.329 e. The molecule has 20 heavy (non-hydrogen) atoms. The van der Waals surface area contributed by atoms with Crippen molar-refractivity contribution in [2.75, 3.05) is 0 Å². The van der Waals surface area contributed by atoms with Crippen LogP contribution in [0.1, 0.15) is 24.4 Å². The Labute approximate surface area is 115 Å². The highest BCUT2D eigenvalue weighted by Crippen LogP contribution is 2.24. The molecule has 2 heterocycles. The van der Waals surface area contributed by atoms with Gasteiger partial charge < -0.3 is 10.4 Å². The number of piperidine rings is 1. The molecule has 0 aliphatic carbocycles. The minimum atomic E-state index is -0.813. The van der Waals surface area contributed by atoms with Gasteiger partial charge in [-0.2, -0.15) is 0 Å². The molecule has 1 amide bonds. The van der Waals surface area contributed by atoms with Gasteiger partial charge in [-0.1, -0.05) is 6.07 Å². The first kappa shape index (κ1) is 12.9. The average Bonchev–Trinajstić information content (AvgIpc) is 2.63. The van der Waals surface area contributed by atoms with Gasteiger partial charge >= 0.3 is 5.69 Å². The lowest BCUT2D eigenvalue weighted by Gasteiger charge is -2.26. The Bertz CT molecular complexity index is 744. The lowest BCUT2D eigenvalue weighted by atomic mass is 10.0. The van der Waals surface area contributed by atoms with Crippen LogP contribution in [0.3, 0.4) is 0 Å². The molecule has 0 saturated carbocycles. The molecule has 0 bridgehead atoms. The third-order valence-electron chi connectivity index (χ3n) is 3.88. The van der Waals surface area contributed by atoms with E-state index in [2.05, 4.69) is 5.32 Å². The molecule has 0 radical (unpaired) electrons. The number of carbonyl (C=O) groups is 1. The molecule has 2 N–H and O–H groups in total. The predicted octanol–water partition coefficient (Wildman–Crippen LogP) is 0.418. The van der Waals surface area contributed by atoms with Gasteiger partial charge in [0.1, 0.15) is 12.3 Å². The zero-order valence-corrected chi connectivity index (χ0v) is 11.5. The third kappa shape index (κ3) is 1.84. The number of aliphatic hydroxyl groups is 1. The Balaban J connectivity index is 2.19. The fourth-order valence-corrected chi connectivity index (χ4v) is 2.80. The van der Waals surface area contributed by atoms with Gasteiger partial charge in [-0.15, -0.1) is 0 Å². The smallest absolute Gasteiger partial charge is 0.329 e. The number of aryl methyl sites for hydroxylation is 2. The summed E-state index contributed by atoms with van der Waals surface area (Å²) in [5.41, 5.74) is 2.42. The van der Waals surface area contributed by atoms with E-state index in [9.17, 15) is 14.7 Å². The summed E-state index contributed by atoms with van der Waals surface area (Å²) >= 11 is 0. The third-order valence-corrected chi connectivity index (χ3v) is 3.88. The predicted molar refractivity (Wildman–Crippen MR) is 74.3 cm³/mol. The Morgan fingerprint density at radius 3 is 2.70 bits per heavy atom. The minimum absolute atomic E-state index is 0.206. The lowest BCUT2D eigenvalue weighted by Crippen LogP contribution is -2.46. The maximum atomic E-state index is 12.4. The van der Waals surface area contributed by atoms with E-state index >= 15 is 0 Å². The Morgan fingerprint density at radius 2 is 2.00 bits per heavy atom. The second-order valence-electron chi connectivity index (χ2n) is 5.32. The van der Waals surface area contributed by atoms with Crippen LogP contribution in [0.5, 0.6) is 0 Å². The topological polar surface area (TPSA) is 76.3 Å². The summed E-state index contributed by atoms with van der Waals surface area (Å²) in [4.78, 5) is 24.4. The minimum Gasteiger partial charge on any atom is -0.374 e. The van der Waals surface area contributed by atoms with Crippen LogP contribution in [0.4, 0.5) is 0 Å². The molecule has 6 heteroatoms. The van der Waals surface area contributed by atoms with Crippen molar-refractivity contribution in [2.24, 2.45) is 7.05 Å². The molecule has 2 aromatic rings. The quantitative estimate of drug-likeness (QED) is 0.792. The standard InChI is InChI=1S/C14H17N3O3/c1-8-3-4-9-11(7-8)16(2)14(20)17(9)10-5-6-12(18)15-13(10)19/h3-4,7,10,12,18H,5-6H2,1-2H3,(H,15,19)/t10-,12?/m1/s1. The first-order valence-electron chi connectivity index (χ1n) is 6.65. The van der Waals surface area contributed by atoms with Gasteiger partial charge in [-0.3, -0.25) is 13.9 Å². The molecule has 1 aromatic carbocycles. The highest BCUT2D eigenvalue weighted by atomic mass is 16.3. The molecule has 0 spiro atoms. The first-order valence-corrected chi connectivity index (χ1v) is 6.65. The van der Waals surface area contributed by atoms with Crippen molar-refractivity contribution in [2.45, 2.75) is 32.0 Å². The van der Waals surface area contributed by atoms with E-state index in [0.29, 0.717) is 12.8 Å². The van der Waals surface area contributed by atoms with E-state index in [0.717, 1.165) is 16.6 Å². The molecule has 1 unspecified atom stereocenters. The zero-order chi connectivity index (χ0) is 14.4. The van der Waals surface area contributed by atoms with Crippen LogP contribution in [0.15, 0.2) is 23.0 Å². The van der Waals surface area contributed by atoms with Crippen molar-refractivity contribution in [1.29, 1.82) is 0 Å². The highest BCUT2D eigenvalue weighted by Gasteiger charge is 2.31. The van der Waals surface area contributed by atoms with Gasteiger partial charge in [-0.25, -0.2) is 4.79 Å². The molecule has 1 fully saturated rings. The summed E-state index contributed by atoms with van der Waals surface area (Å²) in [6.45, 7) is 1.96. The molecular weight excluding hydrogens is 258 g/mol. The summed E-state index contributed by atoms with van der Waals surface area (Å²) in [5, 5.41) is 11.9. The van der Waals surface area contributed by atoms with Crippen LogP contribution in [-0.4, -0.2) is 26.4 Å². The van der Waals surface area contributed by atoms with E-state index in [-0.39, 0.29) is 11.6 Å². The fraction of sp³-hybridized carbons (Fsp3) is 0.429. The molecule has 1 saturated heterocycles. The number of benzene rings is 1. The summed E-state index contributed by atoms with van der Waals surface area (Å²) in [7, 11) is 1.70. The van der Waals surface area contributed by atoms with Crippen LogP contribution in [0.2, 0.25) is 0 Å². The van der Waals surface area contributed by atoms with Crippen LogP contribution in [0, 0.1) is 6.92 Å². The SMILES string of the molecule is Cc1ccc2c(c1)n(C)c(=O)n2[C@@H]1CCC(O)NC1=O. The normalized spacial score (nSPS) is 23.1. The number of carbonyl (C=O) groups excluding carboxylic acids is 1. The number of hydrogen-bond donors (Lipinski definition) is 2. The molecule has 3 rings (SSSR count). The summed E-state index contributed by atoms with van der Waals surface area (Å²) in [5.74, 6) is -0.307. The van der Waals surface area contributed by atoms with E-state index < -0.39 is 12.3 Å². The molecule has 1 aromatic heterocycles. The fourth-order valence-electron chi connectivity index (χ4n) is 2.80. The first-order chi connectivity index (χ1) is 9.49. The van der Waals surface area contributed by atoms with Gasteiger partial charge in [0.2, 0.25) is 5.91 Å². The number of fused-ring (bicyclic) bond motifs is 1. The van der Waals surface area contributed by atoms with Gasteiger partial charge in [0.15, 0.2) is 0 Å². The van der Waals surface area contributed by atoms with E-state index in [1.165, 1.54) is 4.57 Å². The average molecular weight is 275 g/mol. The van der Waals surface area contributed by atoms with E-state index in [4.69, 9.17) is 0 Å². The van der Waals surface area contributed by atoms with Crippen LogP contribution < -0.4 is 11.0 Å². The van der Waals surface area contributed by atoms with Gasteiger partial charge in [0.05, 0.1) is 11.0 Å². The number of aromatic nitrogens is 2.